The second-order valence-electron chi connectivity index (χ2n) is 4.68. The van der Waals surface area contributed by atoms with Crippen molar-refractivity contribution in [2.45, 2.75) is 19.4 Å². The molecular formula is C12H16ClN3O. The monoisotopic (exact) mass is 253 g/mol. The van der Waals surface area contributed by atoms with Gasteiger partial charge in [0.05, 0.1) is 23.2 Å². The number of hydrogen-bond donors (Lipinski definition) is 1. The zero-order valence-corrected chi connectivity index (χ0v) is 11.0. The van der Waals surface area contributed by atoms with Crippen LogP contribution in [-0.2, 0) is 10.3 Å². The Labute approximate surface area is 105 Å². The first-order valence-electron chi connectivity index (χ1n) is 5.38. The van der Waals surface area contributed by atoms with E-state index < -0.39 is 0 Å². The lowest BCUT2D eigenvalue weighted by atomic mass is 10.1. The Balaban J connectivity index is 2.67. The van der Waals surface area contributed by atoms with Crippen LogP contribution >= 0.6 is 11.6 Å². The summed E-state index contributed by atoms with van der Waals surface area (Å²) in [4.78, 5) is 4.33. The molecule has 0 aliphatic rings. The fourth-order valence-corrected chi connectivity index (χ4v) is 2.29. The summed E-state index contributed by atoms with van der Waals surface area (Å²) < 4.78 is 7.18. The average Bonchev–Trinajstić information content (AvgIpc) is 2.53. The second kappa shape index (κ2) is 4.20. The topological polar surface area (TPSA) is 53.1 Å². The molecular weight excluding hydrogens is 238 g/mol. The van der Waals surface area contributed by atoms with Gasteiger partial charge in [-0.1, -0.05) is 11.6 Å². The quantitative estimate of drug-likeness (QED) is 0.915. The number of nitrogens with two attached hydrogens (primary N) is 1. The van der Waals surface area contributed by atoms with E-state index in [9.17, 15) is 0 Å². The van der Waals surface area contributed by atoms with Crippen molar-refractivity contribution in [1.82, 2.24) is 9.55 Å². The van der Waals surface area contributed by atoms with Crippen molar-refractivity contribution >= 4 is 28.6 Å². The van der Waals surface area contributed by atoms with Crippen LogP contribution < -0.4 is 5.73 Å². The molecule has 0 amide bonds. The molecule has 2 rings (SSSR count). The molecule has 0 spiro atoms. The maximum atomic E-state index is 6.01. The number of hydrogen-bond acceptors (Lipinski definition) is 3. The molecule has 0 atom stereocenters. The third-order valence-electron chi connectivity index (χ3n) is 2.75. The van der Waals surface area contributed by atoms with Gasteiger partial charge in [-0.05, 0) is 32.0 Å². The van der Waals surface area contributed by atoms with Gasteiger partial charge in [-0.15, -0.1) is 0 Å². The van der Waals surface area contributed by atoms with Gasteiger partial charge in [0.15, 0.2) is 0 Å². The maximum Gasteiger partial charge on any atom is 0.201 e. The zero-order valence-electron chi connectivity index (χ0n) is 10.2. The van der Waals surface area contributed by atoms with Crippen LogP contribution in [0.2, 0.25) is 5.02 Å². The lowest BCUT2D eigenvalue weighted by Gasteiger charge is -2.27. The number of methoxy groups -OCH3 is 1. The number of aromatic nitrogens is 2. The smallest absolute Gasteiger partial charge is 0.201 e. The van der Waals surface area contributed by atoms with Gasteiger partial charge in [0.2, 0.25) is 5.95 Å². The highest BCUT2D eigenvalue weighted by Gasteiger charge is 2.25. The molecule has 0 saturated heterocycles. The van der Waals surface area contributed by atoms with E-state index in [1.807, 2.05) is 22.8 Å². The molecule has 5 heteroatoms. The Morgan fingerprint density at radius 2 is 2.18 bits per heavy atom. The van der Waals surface area contributed by atoms with Crippen molar-refractivity contribution in [3.63, 3.8) is 0 Å². The Morgan fingerprint density at radius 1 is 1.47 bits per heavy atom. The number of halogens is 1. The van der Waals surface area contributed by atoms with Gasteiger partial charge in [0, 0.05) is 12.1 Å². The van der Waals surface area contributed by atoms with Crippen LogP contribution in [0.4, 0.5) is 5.95 Å². The molecule has 2 aromatic rings. The normalized spacial score (nSPS) is 12.2. The molecule has 92 valence electrons. The summed E-state index contributed by atoms with van der Waals surface area (Å²) in [5, 5.41) is 0.673. The second-order valence-corrected chi connectivity index (χ2v) is 5.12. The summed E-state index contributed by atoms with van der Waals surface area (Å²) >= 11 is 6.01. The van der Waals surface area contributed by atoms with Crippen molar-refractivity contribution < 1.29 is 4.74 Å². The Hall–Kier alpha value is -1.26. The zero-order chi connectivity index (χ0) is 12.6. The minimum atomic E-state index is -0.266. The summed E-state index contributed by atoms with van der Waals surface area (Å²) in [7, 11) is 1.67. The van der Waals surface area contributed by atoms with E-state index in [2.05, 4.69) is 18.8 Å². The first kappa shape index (κ1) is 12.2. The predicted molar refractivity (Wildman–Crippen MR) is 70.4 cm³/mol. The first-order valence-corrected chi connectivity index (χ1v) is 5.76. The van der Waals surface area contributed by atoms with E-state index in [1.54, 1.807) is 7.11 Å². The summed E-state index contributed by atoms with van der Waals surface area (Å²) in [6, 6.07) is 5.55. The highest BCUT2D eigenvalue weighted by molar-refractivity contribution is 6.31. The van der Waals surface area contributed by atoms with Crippen LogP contribution in [0.3, 0.4) is 0 Å². The first-order chi connectivity index (χ1) is 7.95. The fraction of sp³-hybridized carbons (Fsp3) is 0.417. The number of rotatable bonds is 3. The van der Waals surface area contributed by atoms with Gasteiger partial charge < -0.3 is 15.0 Å². The van der Waals surface area contributed by atoms with E-state index in [-0.39, 0.29) is 5.54 Å². The van der Waals surface area contributed by atoms with Crippen molar-refractivity contribution in [2.24, 2.45) is 0 Å². The van der Waals surface area contributed by atoms with Gasteiger partial charge in [-0.2, -0.15) is 0 Å². The number of ether oxygens (including phenoxy) is 1. The largest absolute Gasteiger partial charge is 0.382 e. The van der Waals surface area contributed by atoms with Crippen molar-refractivity contribution in [3.05, 3.63) is 23.2 Å². The molecule has 0 aliphatic heterocycles. The van der Waals surface area contributed by atoms with E-state index in [0.29, 0.717) is 17.6 Å². The third kappa shape index (κ3) is 2.10. The van der Waals surface area contributed by atoms with E-state index in [4.69, 9.17) is 22.1 Å². The average molecular weight is 254 g/mol. The molecule has 1 heterocycles. The molecule has 1 aromatic heterocycles. The molecule has 0 radical (unpaired) electrons. The predicted octanol–water partition coefficient (Wildman–Crippen LogP) is 2.65. The van der Waals surface area contributed by atoms with E-state index >= 15 is 0 Å². The SMILES string of the molecule is COCC(C)(C)n1c(N)nc2ccc(Cl)cc21. The Kier molecular flexibility index (Phi) is 3.02. The molecule has 0 bridgehead atoms. The van der Waals surface area contributed by atoms with Gasteiger partial charge in [-0.25, -0.2) is 4.98 Å². The van der Waals surface area contributed by atoms with Crippen LogP contribution in [0.15, 0.2) is 18.2 Å². The molecule has 0 unspecified atom stereocenters. The van der Waals surface area contributed by atoms with Gasteiger partial charge in [0.1, 0.15) is 0 Å². The van der Waals surface area contributed by atoms with Crippen LogP contribution in [0.25, 0.3) is 11.0 Å². The molecule has 0 aliphatic carbocycles. The number of fused-ring (bicyclic) bond motifs is 1. The lowest BCUT2D eigenvalue weighted by Crippen LogP contribution is -2.32. The van der Waals surface area contributed by atoms with Gasteiger partial charge in [0.25, 0.3) is 0 Å². The van der Waals surface area contributed by atoms with Crippen molar-refractivity contribution in [1.29, 1.82) is 0 Å². The summed E-state index contributed by atoms with van der Waals surface area (Å²) in [6.45, 7) is 4.65. The number of benzene rings is 1. The number of imidazole rings is 1. The van der Waals surface area contributed by atoms with Crippen LogP contribution in [-0.4, -0.2) is 23.3 Å². The molecule has 0 saturated carbocycles. The summed E-state index contributed by atoms with van der Waals surface area (Å²) in [5.74, 6) is 0.476. The Morgan fingerprint density at radius 3 is 2.82 bits per heavy atom. The van der Waals surface area contributed by atoms with Crippen LogP contribution in [0.1, 0.15) is 13.8 Å². The van der Waals surface area contributed by atoms with Crippen molar-refractivity contribution in [2.75, 3.05) is 19.5 Å². The van der Waals surface area contributed by atoms with Gasteiger partial charge >= 0.3 is 0 Å². The number of nitrogen functional groups attached to an aromatic ring is 1. The fourth-order valence-electron chi connectivity index (χ4n) is 2.12. The maximum absolute atomic E-state index is 6.01. The molecule has 2 N–H and O–H groups in total. The van der Waals surface area contributed by atoms with Crippen LogP contribution in [0, 0.1) is 0 Å². The lowest BCUT2D eigenvalue weighted by molar-refractivity contribution is 0.113. The van der Waals surface area contributed by atoms with E-state index in [0.717, 1.165) is 11.0 Å². The van der Waals surface area contributed by atoms with Crippen LogP contribution in [0.5, 0.6) is 0 Å². The minimum Gasteiger partial charge on any atom is -0.382 e. The highest BCUT2D eigenvalue weighted by Crippen LogP contribution is 2.28. The van der Waals surface area contributed by atoms with E-state index in [1.165, 1.54) is 0 Å². The third-order valence-corrected chi connectivity index (χ3v) is 2.98. The van der Waals surface area contributed by atoms with Crippen molar-refractivity contribution in [3.8, 4) is 0 Å². The molecule has 0 fully saturated rings. The minimum absolute atomic E-state index is 0.266. The van der Waals surface area contributed by atoms with Gasteiger partial charge in [-0.3, -0.25) is 0 Å². The summed E-state index contributed by atoms with van der Waals surface area (Å²) in [5.41, 5.74) is 7.48. The standard InChI is InChI=1S/C12H16ClN3O/c1-12(2,7-17-3)16-10-6-8(13)4-5-9(10)15-11(16)14/h4-6H,7H2,1-3H3,(H2,14,15). The molecule has 17 heavy (non-hydrogen) atoms. The Bertz CT molecular complexity index is 548. The number of nitrogens with zero attached hydrogens (tertiary/aromatic N) is 2. The molecule has 4 nitrogen and oxygen atoms in total. The highest BCUT2D eigenvalue weighted by atomic mass is 35.5. The number of anilines is 1. The molecule has 1 aromatic carbocycles. The summed E-state index contributed by atoms with van der Waals surface area (Å²) in [6.07, 6.45) is 0.